The molecule has 0 unspecified atom stereocenters. The minimum atomic E-state index is -0.135. The molecule has 4 rings (SSSR count). The molecule has 0 bridgehead atoms. The lowest BCUT2D eigenvalue weighted by Crippen LogP contribution is -2.20. The highest BCUT2D eigenvalue weighted by molar-refractivity contribution is 6.02. The second-order valence-corrected chi connectivity index (χ2v) is 6.46. The lowest BCUT2D eigenvalue weighted by Gasteiger charge is -2.15. The zero-order valence-electron chi connectivity index (χ0n) is 14.1. The molecule has 0 aromatic carbocycles. The van der Waals surface area contributed by atoms with Gasteiger partial charge in [0.05, 0.1) is 28.7 Å². The maximum absolute atomic E-state index is 12.8. The smallest absolute Gasteiger partial charge is 0.283 e. The summed E-state index contributed by atoms with van der Waals surface area (Å²) in [5, 5.41) is 10.1. The number of aryl methyl sites for hydroxylation is 2. The first-order chi connectivity index (χ1) is 11.6. The van der Waals surface area contributed by atoms with Crippen molar-refractivity contribution in [1.29, 1.82) is 0 Å². The van der Waals surface area contributed by atoms with Gasteiger partial charge >= 0.3 is 0 Å². The van der Waals surface area contributed by atoms with E-state index in [9.17, 15) is 4.79 Å². The molecular formula is C17H20N6O. The third-order valence-corrected chi connectivity index (χ3v) is 4.46. The van der Waals surface area contributed by atoms with Gasteiger partial charge in [-0.15, -0.1) is 0 Å². The first kappa shape index (κ1) is 14.9. The van der Waals surface area contributed by atoms with Crippen molar-refractivity contribution in [1.82, 2.24) is 28.9 Å². The maximum atomic E-state index is 12.8. The predicted octanol–water partition coefficient (Wildman–Crippen LogP) is 2.46. The molecule has 24 heavy (non-hydrogen) atoms. The second kappa shape index (κ2) is 5.43. The average Bonchev–Trinajstić information content (AvgIpc) is 3.20. The van der Waals surface area contributed by atoms with Gasteiger partial charge in [0.25, 0.3) is 5.56 Å². The van der Waals surface area contributed by atoms with E-state index in [0.717, 1.165) is 41.7 Å². The van der Waals surface area contributed by atoms with Gasteiger partial charge < -0.3 is 4.57 Å². The van der Waals surface area contributed by atoms with Gasteiger partial charge in [-0.2, -0.15) is 14.7 Å². The highest BCUT2D eigenvalue weighted by Crippen LogP contribution is 2.24. The van der Waals surface area contributed by atoms with Gasteiger partial charge in [-0.1, -0.05) is 13.8 Å². The van der Waals surface area contributed by atoms with Crippen LogP contribution in [0.15, 0.2) is 29.5 Å². The highest BCUT2D eigenvalue weighted by atomic mass is 16.1. The standard InChI is InChI=1S/C17H20N6O/c1-4-22-16-12(10-20-22)15-13(9-18-16)17(24)23-14(5-7-19-23)21(15)8-6-11(2)3/h5,7,9-11H,4,6,8H2,1-3H3. The fourth-order valence-electron chi connectivity index (χ4n) is 3.19. The fourth-order valence-corrected chi connectivity index (χ4v) is 3.19. The predicted molar refractivity (Wildman–Crippen MR) is 93.2 cm³/mol. The molecule has 4 aromatic rings. The summed E-state index contributed by atoms with van der Waals surface area (Å²) in [4.78, 5) is 17.3. The van der Waals surface area contributed by atoms with Gasteiger partial charge in [-0.3, -0.25) is 4.79 Å². The topological polar surface area (TPSA) is 70.0 Å². The van der Waals surface area contributed by atoms with Gasteiger partial charge in [0.1, 0.15) is 5.65 Å². The van der Waals surface area contributed by atoms with Gasteiger partial charge in [0.2, 0.25) is 0 Å². The molecule has 0 saturated heterocycles. The molecule has 4 aromatic heterocycles. The van der Waals surface area contributed by atoms with Gasteiger partial charge in [-0.05, 0) is 19.3 Å². The molecular weight excluding hydrogens is 304 g/mol. The van der Waals surface area contributed by atoms with Crippen LogP contribution >= 0.6 is 0 Å². The van der Waals surface area contributed by atoms with Crippen LogP contribution in [-0.4, -0.2) is 28.9 Å². The Kier molecular flexibility index (Phi) is 3.37. The highest BCUT2D eigenvalue weighted by Gasteiger charge is 2.17. The molecule has 4 heterocycles. The van der Waals surface area contributed by atoms with Crippen LogP contribution in [0, 0.1) is 5.92 Å². The van der Waals surface area contributed by atoms with E-state index in [0.29, 0.717) is 11.3 Å². The molecule has 7 nitrogen and oxygen atoms in total. The number of aromatic nitrogens is 6. The van der Waals surface area contributed by atoms with Crippen LogP contribution in [0.4, 0.5) is 0 Å². The van der Waals surface area contributed by atoms with Gasteiger partial charge in [-0.25, -0.2) is 9.67 Å². The molecule has 0 amide bonds. The van der Waals surface area contributed by atoms with E-state index in [4.69, 9.17) is 0 Å². The Morgan fingerprint density at radius 2 is 2.00 bits per heavy atom. The Bertz CT molecular complexity index is 1100. The first-order valence-corrected chi connectivity index (χ1v) is 8.32. The summed E-state index contributed by atoms with van der Waals surface area (Å²) in [6.07, 6.45) is 6.15. The minimum Gasteiger partial charge on any atom is -0.325 e. The molecule has 0 radical (unpaired) electrons. The molecule has 7 heteroatoms. The summed E-state index contributed by atoms with van der Waals surface area (Å²) >= 11 is 0. The molecule has 0 atom stereocenters. The van der Waals surface area contributed by atoms with E-state index in [1.165, 1.54) is 4.52 Å². The van der Waals surface area contributed by atoms with E-state index in [2.05, 4.69) is 33.6 Å². The third-order valence-electron chi connectivity index (χ3n) is 4.46. The normalized spacial score (nSPS) is 12.2. The van der Waals surface area contributed by atoms with Crippen molar-refractivity contribution in [2.75, 3.05) is 0 Å². The molecule has 0 fully saturated rings. The molecule has 0 spiro atoms. The van der Waals surface area contributed by atoms with Crippen LogP contribution < -0.4 is 5.56 Å². The van der Waals surface area contributed by atoms with Gasteiger partial charge in [0, 0.05) is 25.4 Å². The van der Waals surface area contributed by atoms with Crippen molar-refractivity contribution in [3.8, 4) is 0 Å². The second-order valence-electron chi connectivity index (χ2n) is 6.46. The van der Waals surface area contributed by atoms with Crippen molar-refractivity contribution in [2.24, 2.45) is 5.92 Å². The van der Waals surface area contributed by atoms with E-state index in [-0.39, 0.29) is 5.56 Å². The molecule has 0 aliphatic heterocycles. The molecule has 0 saturated carbocycles. The molecule has 0 N–H and O–H groups in total. The van der Waals surface area contributed by atoms with Crippen molar-refractivity contribution >= 4 is 27.6 Å². The molecule has 0 aliphatic rings. The summed E-state index contributed by atoms with van der Waals surface area (Å²) < 4.78 is 5.49. The number of fused-ring (bicyclic) bond motifs is 4. The lowest BCUT2D eigenvalue weighted by atomic mass is 10.1. The largest absolute Gasteiger partial charge is 0.325 e. The minimum absolute atomic E-state index is 0.135. The SMILES string of the molecule is CCn1ncc2c1ncc1c(=O)n3nccc3n(CCC(C)C)c12. The summed E-state index contributed by atoms with van der Waals surface area (Å²) in [6.45, 7) is 7.99. The Morgan fingerprint density at radius 1 is 1.17 bits per heavy atom. The summed E-state index contributed by atoms with van der Waals surface area (Å²) in [5.74, 6) is 0.568. The van der Waals surface area contributed by atoms with Crippen molar-refractivity contribution in [3.63, 3.8) is 0 Å². The van der Waals surface area contributed by atoms with Crippen LogP contribution in [0.3, 0.4) is 0 Å². The number of pyridine rings is 1. The summed E-state index contributed by atoms with van der Waals surface area (Å²) in [5.41, 5.74) is 2.39. The zero-order chi connectivity index (χ0) is 16.8. The van der Waals surface area contributed by atoms with Crippen molar-refractivity contribution < 1.29 is 0 Å². The number of nitrogens with zero attached hydrogens (tertiary/aromatic N) is 6. The fraction of sp³-hybridized carbons (Fsp3) is 0.412. The summed E-state index contributed by atoms with van der Waals surface area (Å²) in [6, 6.07) is 1.89. The Hall–Kier alpha value is -2.70. The summed E-state index contributed by atoms with van der Waals surface area (Å²) in [7, 11) is 0. The van der Waals surface area contributed by atoms with Crippen molar-refractivity contribution in [3.05, 3.63) is 35.0 Å². The van der Waals surface area contributed by atoms with E-state index in [1.54, 1.807) is 12.4 Å². The molecule has 124 valence electrons. The first-order valence-electron chi connectivity index (χ1n) is 8.32. The van der Waals surface area contributed by atoms with E-state index < -0.39 is 0 Å². The van der Waals surface area contributed by atoms with Crippen molar-refractivity contribution in [2.45, 2.75) is 40.3 Å². The van der Waals surface area contributed by atoms with Crippen LogP contribution in [-0.2, 0) is 13.1 Å². The monoisotopic (exact) mass is 324 g/mol. The average molecular weight is 324 g/mol. The van der Waals surface area contributed by atoms with Crippen LogP contribution in [0.1, 0.15) is 27.2 Å². The van der Waals surface area contributed by atoms with E-state index >= 15 is 0 Å². The number of rotatable bonds is 4. The Labute approximate surface area is 138 Å². The zero-order valence-corrected chi connectivity index (χ0v) is 14.1. The lowest BCUT2D eigenvalue weighted by molar-refractivity contribution is 0.526. The molecule has 0 aliphatic carbocycles. The Morgan fingerprint density at radius 3 is 2.75 bits per heavy atom. The van der Waals surface area contributed by atoms with Crippen LogP contribution in [0.2, 0.25) is 0 Å². The third kappa shape index (κ3) is 2.04. The van der Waals surface area contributed by atoms with Gasteiger partial charge in [0.15, 0.2) is 5.65 Å². The van der Waals surface area contributed by atoms with E-state index in [1.807, 2.05) is 23.9 Å². The quantitative estimate of drug-likeness (QED) is 0.578. The number of hydrogen-bond acceptors (Lipinski definition) is 4. The maximum Gasteiger partial charge on any atom is 0.283 e. The van der Waals surface area contributed by atoms with Crippen LogP contribution in [0.25, 0.3) is 27.6 Å². The Balaban J connectivity index is 2.16. The number of hydrogen-bond donors (Lipinski definition) is 0. The van der Waals surface area contributed by atoms with Crippen LogP contribution in [0.5, 0.6) is 0 Å².